The van der Waals surface area contributed by atoms with Gasteiger partial charge in [0.25, 0.3) is 0 Å². The van der Waals surface area contributed by atoms with Crippen LogP contribution in [0.1, 0.15) is 5.56 Å². The van der Waals surface area contributed by atoms with E-state index >= 15 is 0 Å². The molecule has 1 rings (SSSR count). The summed E-state index contributed by atoms with van der Waals surface area (Å²) >= 11 is 0. The maximum atomic E-state index is 5.39. The molecule has 0 aromatic heterocycles. The van der Waals surface area contributed by atoms with Gasteiger partial charge in [0, 0.05) is 20.3 Å². The first kappa shape index (κ1) is 12.2. The predicted octanol–water partition coefficient (Wildman–Crippen LogP) is 3.06. The van der Waals surface area contributed by atoms with Gasteiger partial charge in [0.2, 0.25) is 0 Å². The molecule has 82 valence electrons. The zero-order valence-corrected chi connectivity index (χ0v) is 10.6. The molecule has 1 aromatic carbocycles. The van der Waals surface area contributed by atoms with Gasteiger partial charge in [-0.3, -0.25) is 0 Å². The second-order valence-electron chi connectivity index (χ2n) is 3.56. The molecule has 3 heteroatoms. The smallest absolute Gasteiger partial charge is 0.338 e. The van der Waals surface area contributed by atoms with Gasteiger partial charge in [0.1, 0.15) is 0 Å². The first-order valence-corrected chi connectivity index (χ1v) is 7.54. The van der Waals surface area contributed by atoms with E-state index < -0.39 is 8.56 Å². The van der Waals surface area contributed by atoms with Crippen molar-refractivity contribution in [3.8, 4) is 0 Å². The molecule has 0 saturated heterocycles. The molecule has 0 spiro atoms. The van der Waals surface area contributed by atoms with Crippen molar-refractivity contribution in [2.24, 2.45) is 0 Å². The second kappa shape index (κ2) is 5.85. The van der Waals surface area contributed by atoms with Gasteiger partial charge in [-0.1, -0.05) is 42.5 Å². The van der Waals surface area contributed by atoms with E-state index in [1.807, 2.05) is 18.2 Å². The Balaban J connectivity index is 2.53. The van der Waals surface area contributed by atoms with Gasteiger partial charge in [-0.2, -0.15) is 0 Å². The maximum absolute atomic E-state index is 5.39. The number of rotatable bonds is 5. The Bertz CT molecular complexity index is 305. The molecule has 0 aliphatic rings. The summed E-state index contributed by atoms with van der Waals surface area (Å²) in [5.41, 5.74) is 1.21. The van der Waals surface area contributed by atoms with Crippen LogP contribution in [0.3, 0.4) is 0 Å². The molecule has 0 bridgehead atoms. The average molecular weight is 222 g/mol. The summed E-state index contributed by atoms with van der Waals surface area (Å²) in [5.74, 6) is 0. The van der Waals surface area contributed by atoms with Crippen molar-refractivity contribution in [2.75, 3.05) is 14.2 Å². The van der Waals surface area contributed by atoms with Crippen LogP contribution < -0.4 is 0 Å². The third kappa shape index (κ3) is 3.99. The highest BCUT2D eigenvalue weighted by atomic mass is 28.4. The van der Waals surface area contributed by atoms with Crippen molar-refractivity contribution in [2.45, 2.75) is 12.6 Å². The minimum Gasteiger partial charge on any atom is -0.398 e. The molecular formula is C12H18O2Si. The predicted molar refractivity (Wildman–Crippen MR) is 65.9 cm³/mol. The number of allylic oxidation sites excluding steroid dienone is 1. The number of benzene rings is 1. The molecule has 2 nitrogen and oxygen atoms in total. The summed E-state index contributed by atoms with van der Waals surface area (Å²) in [7, 11) is 1.49. The molecule has 15 heavy (non-hydrogen) atoms. The van der Waals surface area contributed by atoms with Crippen molar-refractivity contribution in [3.05, 3.63) is 42.0 Å². The zero-order valence-electron chi connectivity index (χ0n) is 9.57. The Morgan fingerprint density at radius 2 is 1.73 bits per heavy atom. The first-order valence-electron chi connectivity index (χ1n) is 5.02. The lowest BCUT2D eigenvalue weighted by Gasteiger charge is -2.20. The molecular weight excluding hydrogens is 204 g/mol. The van der Waals surface area contributed by atoms with Gasteiger partial charge >= 0.3 is 8.56 Å². The third-order valence-electron chi connectivity index (χ3n) is 2.46. The van der Waals surface area contributed by atoms with Crippen molar-refractivity contribution in [3.63, 3.8) is 0 Å². The normalized spacial score (nSPS) is 12.2. The largest absolute Gasteiger partial charge is 0.398 e. The summed E-state index contributed by atoms with van der Waals surface area (Å²) in [4.78, 5) is 0. The Labute approximate surface area is 92.8 Å². The lowest BCUT2D eigenvalue weighted by atomic mass is 10.2. The highest BCUT2D eigenvalue weighted by Gasteiger charge is 2.26. The average Bonchev–Trinajstić information content (AvgIpc) is 2.30. The van der Waals surface area contributed by atoms with E-state index in [9.17, 15) is 0 Å². The fourth-order valence-corrected chi connectivity index (χ4v) is 2.27. The number of hydrogen-bond acceptors (Lipinski definition) is 2. The highest BCUT2D eigenvalue weighted by molar-refractivity contribution is 6.66. The van der Waals surface area contributed by atoms with Crippen LogP contribution in [0.15, 0.2) is 36.4 Å². The van der Waals surface area contributed by atoms with Crippen LogP contribution >= 0.6 is 0 Å². The van der Waals surface area contributed by atoms with E-state index in [0.29, 0.717) is 0 Å². The van der Waals surface area contributed by atoms with E-state index in [0.717, 1.165) is 6.04 Å². The summed E-state index contributed by atoms with van der Waals surface area (Å²) in [6, 6.07) is 11.1. The van der Waals surface area contributed by atoms with Crippen molar-refractivity contribution < 1.29 is 8.85 Å². The summed E-state index contributed by atoms with van der Waals surface area (Å²) < 4.78 is 10.8. The molecule has 0 aliphatic carbocycles. The standard InChI is InChI=1S/C12H18O2Si/c1-13-15(3,14-2)11-7-10-12-8-5-4-6-9-12/h4-10H,11H2,1-3H3/b10-7+. The molecule has 1 aromatic rings. The van der Waals surface area contributed by atoms with Gasteiger partial charge in [0.15, 0.2) is 0 Å². The topological polar surface area (TPSA) is 18.5 Å². The van der Waals surface area contributed by atoms with Crippen LogP contribution in [-0.4, -0.2) is 22.8 Å². The summed E-state index contributed by atoms with van der Waals surface area (Å²) in [6.45, 7) is 2.06. The van der Waals surface area contributed by atoms with Crippen molar-refractivity contribution >= 4 is 14.6 Å². The summed E-state index contributed by atoms with van der Waals surface area (Å²) in [5, 5.41) is 0. The monoisotopic (exact) mass is 222 g/mol. The van der Waals surface area contributed by atoms with Crippen LogP contribution in [0.25, 0.3) is 6.08 Å². The Morgan fingerprint density at radius 1 is 1.13 bits per heavy atom. The molecule has 0 atom stereocenters. The van der Waals surface area contributed by atoms with E-state index in [1.165, 1.54) is 5.56 Å². The highest BCUT2D eigenvalue weighted by Crippen LogP contribution is 2.13. The van der Waals surface area contributed by atoms with Gasteiger partial charge < -0.3 is 8.85 Å². The molecule has 0 N–H and O–H groups in total. The van der Waals surface area contributed by atoms with Crippen molar-refractivity contribution in [1.82, 2.24) is 0 Å². The molecule has 0 fully saturated rings. The second-order valence-corrected chi connectivity index (χ2v) is 7.05. The fourth-order valence-electron chi connectivity index (χ4n) is 1.22. The first-order chi connectivity index (χ1) is 7.20. The van der Waals surface area contributed by atoms with Gasteiger partial charge in [0.05, 0.1) is 0 Å². The zero-order chi connectivity index (χ0) is 11.1. The van der Waals surface area contributed by atoms with Crippen LogP contribution in [0, 0.1) is 0 Å². The van der Waals surface area contributed by atoms with Crippen LogP contribution in [0.4, 0.5) is 0 Å². The van der Waals surface area contributed by atoms with Gasteiger partial charge in [-0.25, -0.2) is 0 Å². The van der Waals surface area contributed by atoms with Crippen LogP contribution in [0.2, 0.25) is 12.6 Å². The van der Waals surface area contributed by atoms with Crippen LogP contribution in [0.5, 0.6) is 0 Å². The molecule has 0 radical (unpaired) electrons. The lowest BCUT2D eigenvalue weighted by molar-refractivity contribution is 0.253. The van der Waals surface area contributed by atoms with E-state index in [1.54, 1.807) is 14.2 Å². The SMILES string of the molecule is CO[Si](C)(C/C=C/c1ccccc1)OC. The maximum Gasteiger partial charge on any atom is 0.338 e. The van der Waals surface area contributed by atoms with E-state index in [4.69, 9.17) is 8.85 Å². The van der Waals surface area contributed by atoms with Gasteiger partial charge in [-0.05, 0) is 12.1 Å². The van der Waals surface area contributed by atoms with Crippen molar-refractivity contribution in [1.29, 1.82) is 0 Å². The molecule has 0 saturated carbocycles. The molecule has 0 aliphatic heterocycles. The van der Waals surface area contributed by atoms with E-state index in [-0.39, 0.29) is 0 Å². The van der Waals surface area contributed by atoms with Gasteiger partial charge in [-0.15, -0.1) is 0 Å². The third-order valence-corrected chi connectivity index (χ3v) is 5.17. The Hall–Kier alpha value is -0.903. The Morgan fingerprint density at radius 3 is 2.27 bits per heavy atom. The minimum absolute atomic E-state index is 0.870. The lowest BCUT2D eigenvalue weighted by Crippen LogP contribution is -2.35. The molecule has 0 amide bonds. The van der Waals surface area contributed by atoms with E-state index in [2.05, 4.69) is 30.8 Å². The summed E-state index contributed by atoms with van der Waals surface area (Å²) in [6.07, 6.45) is 4.22. The quantitative estimate of drug-likeness (QED) is 0.713. The fraction of sp³-hybridized carbons (Fsp3) is 0.333. The molecule has 0 heterocycles. The number of hydrogen-bond donors (Lipinski definition) is 0. The Kier molecular flexibility index (Phi) is 4.75. The minimum atomic E-state index is -1.94. The van der Waals surface area contributed by atoms with Crippen LogP contribution in [-0.2, 0) is 8.85 Å². The molecule has 0 unspecified atom stereocenters.